The van der Waals surface area contributed by atoms with Crippen LogP contribution < -0.4 is 10.6 Å². The summed E-state index contributed by atoms with van der Waals surface area (Å²) in [5.74, 6) is -0.807. The molecule has 0 radical (unpaired) electrons. The van der Waals surface area contributed by atoms with Gasteiger partial charge in [0.2, 0.25) is 0 Å². The van der Waals surface area contributed by atoms with E-state index in [1.807, 2.05) is 42.3 Å². The van der Waals surface area contributed by atoms with Crippen molar-refractivity contribution in [1.29, 1.82) is 0 Å². The van der Waals surface area contributed by atoms with Crippen molar-refractivity contribution in [2.75, 3.05) is 19.3 Å². The van der Waals surface area contributed by atoms with E-state index in [0.717, 1.165) is 18.4 Å². The average molecular weight is 351 g/mol. The predicted molar refractivity (Wildman–Crippen MR) is 95.3 cm³/mol. The van der Waals surface area contributed by atoms with Gasteiger partial charge in [0.1, 0.15) is 0 Å². The summed E-state index contributed by atoms with van der Waals surface area (Å²) < 4.78 is 0. The summed E-state index contributed by atoms with van der Waals surface area (Å²) in [7, 11) is 0. The molecule has 1 fully saturated rings. The zero-order valence-electron chi connectivity index (χ0n) is 14.1. The van der Waals surface area contributed by atoms with Crippen LogP contribution in [0.2, 0.25) is 0 Å². The SMILES string of the molecule is CCN(CC(=O)O)C1CC(NC(=O)NCc2ccc(SC)cc2)C1. The second-order valence-corrected chi connectivity index (χ2v) is 6.83. The molecule has 1 aliphatic carbocycles. The van der Waals surface area contributed by atoms with Crippen molar-refractivity contribution in [3.05, 3.63) is 29.8 Å². The Kier molecular flexibility index (Phi) is 6.93. The first-order valence-corrected chi connectivity index (χ1v) is 9.37. The minimum atomic E-state index is -0.807. The molecule has 6 nitrogen and oxygen atoms in total. The quantitative estimate of drug-likeness (QED) is 0.625. The number of rotatable bonds is 8. The number of carboxylic acids is 1. The van der Waals surface area contributed by atoms with E-state index < -0.39 is 5.97 Å². The molecule has 7 heteroatoms. The van der Waals surface area contributed by atoms with Crippen LogP contribution in [0.4, 0.5) is 4.79 Å². The van der Waals surface area contributed by atoms with E-state index in [1.54, 1.807) is 11.8 Å². The largest absolute Gasteiger partial charge is 0.480 e. The lowest BCUT2D eigenvalue weighted by Gasteiger charge is -2.42. The van der Waals surface area contributed by atoms with Crippen LogP contribution in [0.15, 0.2) is 29.2 Å². The molecule has 1 aromatic carbocycles. The number of carbonyl (C=O) groups is 2. The molecule has 2 rings (SSSR count). The first-order chi connectivity index (χ1) is 11.5. The number of carbonyl (C=O) groups excluding carboxylic acids is 1. The summed E-state index contributed by atoms with van der Waals surface area (Å²) in [4.78, 5) is 25.9. The van der Waals surface area contributed by atoms with Crippen molar-refractivity contribution in [3.63, 3.8) is 0 Å². The van der Waals surface area contributed by atoms with Crippen LogP contribution in [0.3, 0.4) is 0 Å². The van der Waals surface area contributed by atoms with Gasteiger partial charge in [-0.05, 0) is 43.3 Å². The molecular weight excluding hydrogens is 326 g/mol. The third kappa shape index (κ3) is 5.42. The Balaban J connectivity index is 1.67. The van der Waals surface area contributed by atoms with Crippen molar-refractivity contribution in [3.8, 4) is 0 Å². The first kappa shape index (κ1) is 18.6. The highest BCUT2D eigenvalue weighted by molar-refractivity contribution is 7.98. The van der Waals surface area contributed by atoms with Gasteiger partial charge in [-0.3, -0.25) is 9.69 Å². The smallest absolute Gasteiger partial charge is 0.317 e. The Morgan fingerprint density at radius 1 is 1.29 bits per heavy atom. The number of carboxylic acid groups (broad SMARTS) is 1. The first-order valence-electron chi connectivity index (χ1n) is 8.15. The van der Waals surface area contributed by atoms with E-state index in [4.69, 9.17) is 5.11 Å². The average Bonchev–Trinajstić information content (AvgIpc) is 2.54. The fraction of sp³-hybridized carbons (Fsp3) is 0.529. The van der Waals surface area contributed by atoms with Gasteiger partial charge in [-0.2, -0.15) is 0 Å². The van der Waals surface area contributed by atoms with Crippen LogP contribution in [-0.4, -0.2) is 53.4 Å². The fourth-order valence-corrected chi connectivity index (χ4v) is 3.25. The monoisotopic (exact) mass is 351 g/mol. The Morgan fingerprint density at radius 2 is 1.96 bits per heavy atom. The number of nitrogens with one attached hydrogen (secondary N) is 2. The number of thioether (sulfide) groups is 1. The van der Waals surface area contributed by atoms with Crippen molar-refractivity contribution < 1.29 is 14.7 Å². The number of hydrogen-bond acceptors (Lipinski definition) is 4. The Hall–Kier alpha value is -1.73. The van der Waals surface area contributed by atoms with Gasteiger partial charge in [0.15, 0.2) is 0 Å². The Morgan fingerprint density at radius 3 is 2.50 bits per heavy atom. The van der Waals surface area contributed by atoms with E-state index in [0.29, 0.717) is 13.1 Å². The molecule has 0 atom stereocenters. The lowest BCUT2D eigenvalue weighted by molar-refractivity contribution is -0.139. The maximum Gasteiger partial charge on any atom is 0.317 e. The van der Waals surface area contributed by atoms with Crippen LogP contribution >= 0.6 is 11.8 Å². The zero-order chi connectivity index (χ0) is 17.5. The highest BCUT2D eigenvalue weighted by Crippen LogP contribution is 2.25. The minimum Gasteiger partial charge on any atom is -0.480 e. The van der Waals surface area contributed by atoms with E-state index in [1.165, 1.54) is 4.90 Å². The highest BCUT2D eigenvalue weighted by Gasteiger charge is 2.34. The molecule has 0 aliphatic heterocycles. The molecule has 0 saturated heterocycles. The summed E-state index contributed by atoms with van der Waals surface area (Å²) in [5.41, 5.74) is 1.06. The number of urea groups is 1. The molecule has 1 aliphatic rings. The van der Waals surface area contributed by atoms with E-state index in [2.05, 4.69) is 10.6 Å². The molecule has 1 saturated carbocycles. The number of amides is 2. The van der Waals surface area contributed by atoms with Gasteiger partial charge in [0.25, 0.3) is 0 Å². The van der Waals surface area contributed by atoms with Crippen LogP contribution in [-0.2, 0) is 11.3 Å². The highest BCUT2D eigenvalue weighted by atomic mass is 32.2. The van der Waals surface area contributed by atoms with Crippen molar-refractivity contribution in [2.45, 2.75) is 43.3 Å². The summed E-state index contributed by atoms with van der Waals surface area (Å²) in [6, 6.07) is 8.30. The van der Waals surface area contributed by atoms with Crippen LogP contribution in [0, 0.1) is 0 Å². The van der Waals surface area contributed by atoms with Gasteiger partial charge in [0, 0.05) is 23.5 Å². The third-order valence-electron chi connectivity index (χ3n) is 4.32. The maximum atomic E-state index is 11.9. The lowest BCUT2D eigenvalue weighted by atomic mass is 9.85. The van der Waals surface area contributed by atoms with Crippen LogP contribution in [0.1, 0.15) is 25.3 Å². The van der Waals surface area contributed by atoms with Gasteiger partial charge in [-0.25, -0.2) is 4.79 Å². The van der Waals surface area contributed by atoms with Gasteiger partial charge < -0.3 is 15.7 Å². The van der Waals surface area contributed by atoms with Gasteiger partial charge in [-0.1, -0.05) is 19.1 Å². The molecule has 0 heterocycles. The topological polar surface area (TPSA) is 81.7 Å². The van der Waals surface area contributed by atoms with E-state index in [-0.39, 0.29) is 24.7 Å². The molecule has 0 aromatic heterocycles. The molecule has 0 bridgehead atoms. The summed E-state index contributed by atoms with van der Waals surface area (Å²) >= 11 is 1.69. The van der Waals surface area contributed by atoms with E-state index in [9.17, 15) is 9.59 Å². The molecule has 0 spiro atoms. The Labute approximate surface area is 147 Å². The second kappa shape index (κ2) is 8.94. The molecule has 132 valence electrons. The van der Waals surface area contributed by atoms with Gasteiger partial charge >= 0.3 is 12.0 Å². The molecule has 3 N–H and O–H groups in total. The second-order valence-electron chi connectivity index (χ2n) is 5.95. The fourth-order valence-electron chi connectivity index (χ4n) is 2.84. The zero-order valence-corrected chi connectivity index (χ0v) is 14.9. The van der Waals surface area contributed by atoms with E-state index >= 15 is 0 Å². The molecule has 0 unspecified atom stereocenters. The number of hydrogen-bond donors (Lipinski definition) is 3. The summed E-state index contributed by atoms with van der Waals surface area (Å²) in [5, 5.41) is 14.7. The maximum absolute atomic E-state index is 11.9. The van der Waals surface area contributed by atoms with Crippen molar-refractivity contribution in [1.82, 2.24) is 15.5 Å². The van der Waals surface area contributed by atoms with Gasteiger partial charge in [0.05, 0.1) is 6.54 Å². The van der Waals surface area contributed by atoms with Crippen LogP contribution in [0.5, 0.6) is 0 Å². The number of aliphatic carboxylic acids is 1. The normalized spacial score (nSPS) is 19.6. The van der Waals surface area contributed by atoms with Crippen LogP contribution in [0.25, 0.3) is 0 Å². The number of likely N-dealkylation sites (N-methyl/N-ethyl adjacent to an activating group) is 1. The number of benzene rings is 1. The molecule has 24 heavy (non-hydrogen) atoms. The van der Waals surface area contributed by atoms with Gasteiger partial charge in [-0.15, -0.1) is 11.8 Å². The minimum absolute atomic E-state index is 0.0616. The standard InChI is InChI=1S/C17H25N3O3S/c1-3-20(11-16(21)22)14-8-13(9-14)19-17(23)18-10-12-4-6-15(24-2)7-5-12/h4-7,13-14H,3,8-11H2,1-2H3,(H,21,22)(H2,18,19,23). The van der Waals surface area contributed by atoms with Crippen molar-refractivity contribution in [2.24, 2.45) is 0 Å². The van der Waals surface area contributed by atoms with Crippen molar-refractivity contribution >= 4 is 23.8 Å². The molecular formula is C17H25N3O3S. The third-order valence-corrected chi connectivity index (χ3v) is 5.07. The summed E-state index contributed by atoms with van der Waals surface area (Å²) in [6.45, 7) is 3.23. The number of nitrogens with zero attached hydrogens (tertiary/aromatic N) is 1. The lowest BCUT2D eigenvalue weighted by Crippen LogP contribution is -2.56. The Bertz CT molecular complexity index is 559. The predicted octanol–water partition coefficient (Wildman–Crippen LogP) is 2.15. The molecule has 1 aromatic rings. The summed E-state index contributed by atoms with van der Waals surface area (Å²) in [6.07, 6.45) is 3.64. The molecule has 2 amide bonds.